The fraction of sp³-hybridized carbons (Fsp3) is 0.296. The minimum atomic E-state index is -0.546. The van der Waals surface area contributed by atoms with Crippen LogP contribution in [0.15, 0.2) is 82.5 Å². The lowest BCUT2D eigenvalue weighted by Gasteiger charge is -2.29. The van der Waals surface area contributed by atoms with Gasteiger partial charge in [-0.2, -0.15) is 0 Å². The summed E-state index contributed by atoms with van der Waals surface area (Å²) >= 11 is 19.2. The molecule has 5 nitrogen and oxygen atoms in total. The second-order valence-corrected chi connectivity index (χ2v) is 10.1. The summed E-state index contributed by atoms with van der Waals surface area (Å²) in [6.45, 7) is 6.22. The van der Waals surface area contributed by atoms with E-state index in [4.69, 9.17) is 39.5 Å². The van der Waals surface area contributed by atoms with Crippen LogP contribution in [0.5, 0.6) is 0 Å². The molecule has 1 unspecified atom stereocenters. The number of amides is 2. The van der Waals surface area contributed by atoms with Crippen LogP contribution in [-0.4, -0.2) is 48.1 Å². The zero-order valence-corrected chi connectivity index (χ0v) is 21.9. The van der Waals surface area contributed by atoms with Gasteiger partial charge in [0.1, 0.15) is 5.82 Å². The lowest BCUT2D eigenvalue weighted by molar-refractivity contribution is 0.0203. The summed E-state index contributed by atoms with van der Waals surface area (Å²) in [6.07, 6.45) is 2.81. The van der Waals surface area contributed by atoms with Gasteiger partial charge in [0.25, 0.3) is 0 Å². The van der Waals surface area contributed by atoms with Crippen molar-refractivity contribution in [1.82, 2.24) is 9.80 Å². The molecule has 0 spiro atoms. The third-order valence-electron chi connectivity index (χ3n) is 6.05. The topological polar surface area (TPSA) is 44.8 Å². The Hall–Kier alpha value is -2.51. The molecule has 0 aromatic heterocycles. The van der Waals surface area contributed by atoms with Crippen molar-refractivity contribution in [2.45, 2.75) is 25.6 Å². The van der Waals surface area contributed by atoms with Crippen LogP contribution in [0.4, 0.5) is 14.9 Å². The van der Waals surface area contributed by atoms with E-state index >= 15 is 0 Å². The molecule has 2 aromatic carbocycles. The molecule has 1 heterocycles. The maximum absolute atomic E-state index is 13.5. The first-order valence-electron chi connectivity index (χ1n) is 11.6. The number of hydrogen-bond acceptors (Lipinski definition) is 3. The molecule has 2 aliphatic rings. The zero-order valence-electron chi connectivity index (χ0n) is 19.7. The third kappa shape index (κ3) is 6.83. The first kappa shape index (κ1) is 26.6. The van der Waals surface area contributed by atoms with Gasteiger partial charge in [0.05, 0.1) is 35.0 Å². The summed E-state index contributed by atoms with van der Waals surface area (Å²) in [6, 6.07) is 13.6. The Balaban J connectivity index is 1.55. The molecule has 36 heavy (non-hydrogen) atoms. The first-order valence-corrected chi connectivity index (χ1v) is 12.8. The molecular weight excluding hydrogens is 524 g/mol. The Kier molecular flexibility index (Phi) is 8.96. The van der Waals surface area contributed by atoms with E-state index < -0.39 is 5.82 Å². The summed E-state index contributed by atoms with van der Waals surface area (Å²) in [7, 11) is 0. The molecule has 1 aliphatic carbocycles. The predicted octanol–water partition coefficient (Wildman–Crippen LogP) is 7.14. The lowest BCUT2D eigenvalue weighted by atomic mass is 10.1. The van der Waals surface area contributed by atoms with Crippen molar-refractivity contribution in [2.75, 3.05) is 31.5 Å². The van der Waals surface area contributed by atoms with E-state index in [1.165, 1.54) is 18.2 Å². The molecule has 2 aromatic rings. The molecule has 1 N–H and O–H groups in total. The maximum Gasteiger partial charge on any atom is 0.321 e. The van der Waals surface area contributed by atoms with Crippen LogP contribution in [0.3, 0.4) is 0 Å². The van der Waals surface area contributed by atoms with Crippen LogP contribution in [0.2, 0.25) is 5.02 Å². The van der Waals surface area contributed by atoms with Crippen molar-refractivity contribution >= 4 is 46.5 Å². The minimum absolute atomic E-state index is 0.0585. The molecule has 2 amide bonds. The molecule has 0 radical (unpaired) electrons. The summed E-state index contributed by atoms with van der Waals surface area (Å²) in [5, 5.41) is 3.94. The van der Waals surface area contributed by atoms with Gasteiger partial charge in [-0.05, 0) is 30.2 Å². The number of carbonyl (C=O) groups excluding carboxylic acids is 1. The van der Waals surface area contributed by atoms with Gasteiger partial charge in [0.15, 0.2) is 0 Å². The predicted molar refractivity (Wildman–Crippen MR) is 144 cm³/mol. The van der Waals surface area contributed by atoms with Crippen LogP contribution in [0, 0.1) is 5.82 Å². The van der Waals surface area contributed by atoms with Crippen LogP contribution in [0.1, 0.15) is 18.4 Å². The van der Waals surface area contributed by atoms with Crippen molar-refractivity contribution in [2.24, 2.45) is 0 Å². The second-order valence-electron chi connectivity index (χ2n) is 8.81. The largest absolute Gasteiger partial charge is 0.370 e. The fourth-order valence-electron chi connectivity index (χ4n) is 4.19. The van der Waals surface area contributed by atoms with E-state index in [-0.39, 0.29) is 17.2 Å². The number of nitrogens with one attached hydrogen (secondary N) is 1. The smallest absolute Gasteiger partial charge is 0.321 e. The monoisotopic (exact) mass is 549 g/mol. The summed E-state index contributed by atoms with van der Waals surface area (Å²) < 4.78 is 19.8. The van der Waals surface area contributed by atoms with Gasteiger partial charge in [0.2, 0.25) is 0 Å². The fourth-order valence-corrected chi connectivity index (χ4v) is 5.14. The molecule has 1 fully saturated rings. The highest BCUT2D eigenvalue weighted by atomic mass is 35.5. The number of allylic oxidation sites excluding steroid dienone is 4. The van der Waals surface area contributed by atoms with Crippen molar-refractivity contribution < 1.29 is 13.9 Å². The van der Waals surface area contributed by atoms with E-state index in [1.54, 1.807) is 4.90 Å². The molecule has 1 atom stereocenters. The average Bonchev–Trinajstić information content (AvgIpc) is 3.14. The van der Waals surface area contributed by atoms with Gasteiger partial charge in [0, 0.05) is 36.8 Å². The van der Waals surface area contributed by atoms with Gasteiger partial charge in [-0.25, -0.2) is 9.18 Å². The number of benzene rings is 2. The molecule has 9 heteroatoms. The van der Waals surface area contributed by atoms with Crippen molar-refractivity contribution in [3.8, 4) is 0 Å². The highest BCUT2D eigenvalue weighted by Crippen LogP contribution is 2.34. The number of nitrogens with zero attached hydrogens (tertiary/aromatic N) is 2. The number of anilines is 1. The number of ether oxygens (including phenoxy) is 1. The van der Waals surface area contributed by atoms with Crippen LogP contribution < -0.4 is 5.32 Å². The van der Waals surface area contributed by atoms with E-state index in [0.29, 0.717) is 61.4 Å². The van der Waals surface area contributed by atoms with E-state index in [2.05, 4.69) is 16.8 Å². The molecule has 0 bridgehead atoms. The molecule has 190 valence electrons. The van der Waals surface area contributed by atoms with Gasteiger partial charge >= 0.3 is 6.03 Å². The molecule has 1 saturated heterocycles. The third-order valence-corrected chi connectivity index (χ3v) is 6.98. The van der Waals surface area contributed by atoms with Gasteiger partial charge in [-0.15, -0.1) is 0 Å². The highest BCUT2D eigenvalue weighted by Gasteiger charge is 2.30. The zero-order chi connectivity index (χ0) is 25.7. The van der Waals surface area contributed by atoms with Crippen LogP contribution in [0.25, 0.3) is 0 Å². The summed E-state index contributed by atoms with van der Waals surface area (Å²) in [4.78, 5) is 16.9. The molecule has 1 aliphatic heterocycles. The van der Waals surface area contributed by atoms with Crippen molar-refractivity contribution in [3.05, 3.63) is 98.9 Å². The first-order chi connectivity index (χ1) is 17.3. The summed E-state index contributed by atoms with van der Waals surface area (Å²) in [5.74, 6) is -0.546. The lowest BCUT2D eigenvalue weighted by Crippen LogP contribution is -2.41. The minimum Gasteiger partial charge on any atom is -0.370 e. The number of halogens is 4. The van der Waals surface area contributed by atoms with Gasteiger partial charge in [-0.1, -0.05) is 83.4 Å². The molecule has 4 rings (SSSR count). The maximum atomic E-state index is 13.5. The van der Waals surface area contributed by atoms with Gasteiger partial charge in [-0.3, -0.25) is 0 Å². The van der Waals surface area contributed by atoms with Crippen LogP contribution in [-0.2, 0) is 11.3 Å². The highest BCUT2D eigenvalue weighted by molar-refractivity contribution is 6.35. The molecular formula is C27H27Cl3FN3O2. The van der Waals surface area contributed by atoms with Crippen molar-refractivity contribution in [3.63, 3.8) is 0 Å². The second kappa shape index (κ2) is 12.2. The van der Waals surface area contributed by atoms with E-state index in [0.717, 1.165) is 16.8 Å². The van der Waals surface area contributed by atoms with E-state index in [9.17, 15) is 9.18 Å². The number of rotatable bonds is 5. The Bertz CT molecular complexity index is 1190. The average molecular weight is 551 g/mol. The Morgan fingerprint density at radius 1 is 1.11 bits per heavy atom. The van der Waals surface area contributed by atoms with Gasteiger partial charge < -0.3 is 19.9 Å². The Morgan fingerprint density at radius 3 is 2.64 bits per heavy atom. The summed E-state index contributed by atoms with van der Waals surface area (Å²) in [5.41, 5.74) is 3.18. The SMILES string of the molecule is C=C1CC=C(Cl)C(N2CCN(C(=O)Nc3ccc(F)c(Cl)c3)CC(OCc3ccccc3)C2)=C(Cl)C1. The van der Waals surface area contributed by atoms with Crippen molar-refractivity contribution in [1.29, 1.82) is 0 Å². The Labute approximate surface area is 225 Å². The standard InChI is InChI=1S/C27H27Cl3FN3O2/c1-18-7-9-22(28)26(24(30)13-18)33-11-12-34(27(35)32-20-8-10-25(31)23(29)14-20)16-21(15-33)36-17-19-5-3-2-4-6-19/h2-6,8-10,14,21H,1,7,11-13,15-17H2,(H,32,35). The number of hydrogen-bond donors (Lipinski definition) is 1. The number of carbonyl (C=O) groups is 1. The molecule has 0 saturated carbocycles. The Morgan fingerprint density at radius 2 is 1.89 bits per heavy atom. The number of urea groups is 1. The van der Waals surface area contributed by atoms with E-state index in [1.807, 2.05) is 36.4 Å². The quantitative estimate of drug-likeness (QED) is 0.403. The normalized spacial score (nSPS) is 19.1. The van der Waals surface area contributed by atoms with Crippen LogP contribution >= 0.6 is 34.8 Å².